The summed E-state index contributed by atoms with van der Waals surface area (Å²) in [6, 6.07) is -4.95. The molecule has 4 atom stereocenters. The van der Waals surface area contributed by atoms with Crippen molar-refractivity contribution in [2.45, 2.75) is 63.2 Å². The van der Waals surface area contributed by atoms with Crippen LogP contribution in [0, 0.1) is 0 Å². The summed E-state index contributed by atoms with van der Waals surface area (Å²) in [5.41, 5.74) is 11.1. The zero-order valence-corrected chi connectivity index (χ0v) is 16.8. The van der Waals surface area contributed by atoms with E-state index in [1.54, 1.807) is 0 Å². The van der Waals surface area contributed by atoms with Crippen molar-refractivity contribution in [1.82, 2.24) is 16.0 Å². The molecule has 0 bridgehead atoms. The fraction of sp³-hybridized carbons (Fsp3) is 0.706. The van der Waals surface area contributed by atoms with Gasteiger partial charge in [-0.15, -0.1) is 0 Å². The van der Waals surface area contributed by atoms with Crippen LogP contribution in [0.3, 0.4) is 0 Å². The van der Waals surface area contributed by atoms with Gasteiger partial charge in [0.25, 0.3) is 0 Å². The van der Waals surface area contributed by atoms with E-state index in [2.05, 4.69) is 10.6 Å². The van der Waals surface area contributed by atoms with E-state index in [1.807, 2.05) is 5.32 Å². The number of carbonyl (C=O) groups excluding carboxylic acids is 3. The standard InChI is InChI=1S/C17H31N5O8/c1-9(14(26)22-12(8-23)17(29)30)20-16(28)11(5-6-13(24)25)21-15(27)10(19)4-2-3-7-18/h9-12,23H,2-8,18-19H2,1H3,(H,20,28)(H,21,27)(H,22,26)(H,24,25)(H,29,30). The first kappa shape index (κ1) is 27.2. The van der Waals surface area contributed by atoms with Gasteiger partial charge in [0.05, 0.1) is 12.6 Å². The summed E-state index contributed by atoms with van der Waals surface area (Å²) in [5, 5.41) is 33.3. The van der Waals surface area contributed by atoms with Crippen LogP contribution in [0.2, 0.25) is 0 Å². The normalized spacial score (nSPS) is 14.7. The van der Waals surface area contributed by atoms with Crippen LogP contribution in [0.15, 0.2) is 0 Å². The largest absolute Gasteiger partial charge is 0.481 e. The van der Waals surface area contributed by atoms with Gasteiger partial charge < -0.3 is 42.7 Å². The SMILES string of the molecule is CC(NC(=O)C(CCC(=O)O)NC(=O)C(N)CCCCN)C(=O)NC(CO)C(=O)O. The van der Waals surface area contributed by atoms with Crippen LogP contribution in [0.25, 0.3) is 0 Å². The third-order valence-electron chi connectivity index (χ3n) is 4.14. The van der Waals surface area contributed by atoms with Gasteiger partial charge in [0, 0.05) is 6.42 Å². The van der Waals surface area contributed by atoms with Gasteiger partial charge >= 0.3 is 11.9 Å². The van der Waals surface area contributed by atoms with E-state index >= 15 is 0 Å². The molecule has 4 unspecified atom stereocenters. The average Bonchev–Trinajstić information content (AvgIpc) is 2.68. The molecule has 0 spiro atoms. The van der Waals surface area contributed by atoms with Crippen LogP contribution in [0.5, 0.6) is 0 Å². The topological polar surface area (TPSA) is 234 Å². The van der Waals surface area contributed by atoms with E-state index in [-0.39, 0.29) is 6.42 Å². The van der Waals surface area contributed by atoms with E-state index in [0.717, 1.165) is 0 Å². The number of hydrogen-bond acceptors (Lipinski definition) is 8. The van der Waals surface area contributed by atoms with Crippen molar-refractivity contribution in [1.29, 1.82) is 0 Å². The number of nitrogens with two attached hydrogens (primary N) is 2. The van der Waals surface area contributed by atoms with E-state index in [1.165, 1.54) is 6.92 Å². The molecule has 13 heteroatoms. The molecule has 0 heterocycles. The number of aliphatic hydroxyl groups excluding tert-OH is 1. The molecule has 0 saturated heterocycles. The summed E-state index contributed by atoms with van der Waals surface area (Å²) < 4.78 is 0. The summed E-state index contributed by atoms with van der Waals surface area (Å²) in [6.45, 7) is 0.857. The first-order valence-corrected chi connectivity index (χ1v) is 9.45. The Kier molecular flexibility index (Phi) is 12.9. The maximum atomic E-state index is 12.5. The molecular weight excluding hydrogens is 402 g/mol. The lowest BCUT2D eigenvalue weighted by Gasteiger charge is -2.23. The maximum Gasteiger partial charge on any atom is 0.328 e. The van der Waals surface area contributed by atoms with Gasteiger partial charge in [-0.3, -0.25) is 19.2 Å². The van der Waals surface area contributed by atoms with Crippen molar-refractivity contribution in [2.75, 3.05) is 13.2 Å². The van der Waals surface area contributed by atoms with Crippen LogP contribution in [0.1, 0.15) is 39.0 Å². The van der Waals surface area contributed by atoms with Crippen molar-refractivity contribution in [2.24, 2.45) is 11.5 Å². The zero-order chi connectivity index (χ0) is 23.3. The molecule has 0 aromatic rings. The van der Waals surface area contributed by atoms with Crippen LogP contribution in [-0.2, 0) is 24.0 Å². The van der Waals surface area contributed by atoms with Crippen LogP contribution < -0.4 is 27.4 Å². The molecule has 3 amide bonds. The molecule has 0 aliphatic heterocycles. The average molecular weight is 433 g/mol. The van der Waals surface area contributed by atoms with E-state index in [0.29, 0.717) is 25.8 Å². The number of rotatable bonds is 15. The highest BCUT2D eigenvalue weighted by Crippen LogP contribution is 2.03. The smallest absolute Gasteiger partial charge is 0.328 e. The third kappa shape index (κ3) is 10.7. The second-order valence-electron chi connectivity index (χ2n) is 6.70. The highest BCUT2D eigenvalue weighted by Gasteiger charge is 2.28. The van der Waals surface area contributed by atoms with Gasteiger partial charge in [-0.05, 0) is 32.7 Å². The second kappa shape index (κ2) is 14.3. The van der Waals surface area contributed by atoms with Crippen LogP contribution in [0.4, 0.5) is 0 Å². The van der Waals surface area contributed by atoms with Crippen molar-refractivity contribution in [3.8, 4) is 0 Å². The molecule has 172 valence electrons. The quantitative estimate of drug-likeness (QED) is 0.121. The van der Waals surface area contributed by atoms with Crippen molar-refractivity contribution >= 4 is 29.7 Å². The minimum atomic E-state index is -1.55. The lowest BCUT2D eigenvalue weighted by atomic mass is 10.1. The summed E-state index contributed by atoms with van der Waals surface area (Å²) in [7, 11) is 0. The molecule has 10 N–H and O–H groups in total. The predicted octanol–water partition coefficient (Wildman–Crippen LogP) is -3.14. The zero-order valence-electron chi connectivity index (χ0n) is 16.8. The number of carboxylic acid groups (broad SMARTS) is 2. The fourth-order valence-electron chi connectivity index (χ4n) is 2.32. The Bertz CT molecular complexity index is 615. The van der Waals surface area contributed by atoms with Gasteiger partial charge in [0.2, 0.25) is 17.7 Å². The number of nitrogens with one attached hydrogen (secondary N) is 3. The first-order chi connectivity index (χ1) is 14.0. The fourth-order valence-corrected chi connectivity index (χ4v) is 2.32. The molecule has 0 aromatic heterocycles. The Morgan fingerprint density at radius 1 is 0.867 bits per heavy atom. The molecule has 0 saturated carbocycles. The van der Waals surface area contributed by atoms with Gasteiger partial charge in [0.15, 0.2) is 0 Å². The number of aliphatic carboxylic acids is 2. The molecular formula is C17H31N5O8. The Labute approximate surface area is 173 Å². The molecule has 13 nitrogen and oxygen atoms in total. The maximum absolute atomic E-state index is 12.5. The van der Waals surface area contributed by atoms with Crippen molar-refractivity contribution in [3.05, 3.63) is 0 Å². The second-order valence-corrected chi connectivity index (χ2v) is 6.70. The highest BCUT2D eigenvalue weighted by molar-refractivity contribution is 5.94. The number of amides is 3. The molecule has 30 heavy (non-hydrogen) atoms. The minimum Gasteiger partial charge on any atom is -0.481 e. The number of aliphatic hydroxyl groups is 1. The van der Waals surface area contributed by atoms with E-state index in [9.17, 15) is 24.0 Å². The van der Waals surface area contributed by atoms with Crippen LogP contribution >= 0.6 is 0 Å². The van der Waals surface area contributed by atoms with Crippen molar-refractivity contribution < 1.29 is 39.3 Å². The Balaban J connectivity index is 4.99. The van der Waals surface area contributed by atoms with E-state index < -0.39 is 66.9 Å². The summed E-state index contributed by atoms with van der Waals surface area (Å²) in [5.74, 6) is -5.02. The van der Waals surface area contributed by atoms with Gasteiger partial charge in [-0.25, -0.2) is 4.79 Å². The lowest BCUT2D eigenvalue weighted by molar-refractivity contribution is -0.143. The minimum absolute atomic E-state index is 0.245. The third-order valence-corrected chi connectivity index (χ3v) is 4.14. The molecule has 0 radical (unpaired) electrons. The molecule has 0 aromatic carbocycles. The number of hydrogen-bond donors (Lipinski definition) is 8. The van der Waals surface area contributed by atoms with Gasteiger partial charge in [-0.2, -0.15) is 0 Å². The number of unbranched alkanes of at least 4 members (excludes halogenated alkanes) is 1. The Morgan fingerprint density at radius 2 is 1.47 bits per heavy atom. The summed E-state index contributed by atoms with van der Waals surface area (Å²) >= 11 is 0. The van der Waals surface area contributed by atoms with Gasteiger partial charge in [0.1, 0.15) is 18.1 Å². The molecule has 0 fully saturated rings. The number of carbonyl (C=O) groups is 5. The Hall–Kier alpha value is -2.77. The Morgan fingerprint density at radius 3 is 1.97 bits per heavy atom. The summed E-state index contributed by atoms with van der Waals surface area (Å²) in [4.78, 5) is 58.4. The number of carboxylic acids is 2. The lowest BCUT2D eigenvalue weighted by Crippen LogP contribution is -2.56. The van der Waals surface area contributed by atoms with Crippen molar-refractivity contribution in [3.63, 3.8) is 0 Å². The highest BCUT2D eigenvalue weighted by atomic mass is 16.4. The van der Waals surface area contributed by atoms with Crippen LogP contribution in [-0.4, -0.2) is 82.3 Å². The van der Waals surface area contributed by atoms with Gasteiger partial charge in [-0.1, -0.05) is 6.42 Å². The predicted molar refractivity (Wildman–Crippen MR) is 104 cm³/mol. The first-order valence-electron chi connectivity index (χ1n) is 9.45. The summed E-state index contributed by atoms with van der Waals surface area (Å²) in [6.07, 6.45) is 0.927. The van der Waals surface area contributed by atoms with E-state index in [4.69, 9.17) is 26.8 Å². The molecule has 0 rings (SSSR count). The molecule has 0 aliphatic carbocycles. The monoisotopic (exact) mass is 433 g/mol. The molecule has 0 aliphatic rings.